The Balaban J connectivity index is 0.00000338. The molecular formula is C20H41IN4O. The fourth-order valence-electron chi connectivity index (χ4n) is 4.19. The van der Waals surface area contributed by atoms with E-state index < -0.39 is 0 Å². The number of rotatable bonds is 10. The summed E-state index contributed by atoms with van der Waals surface area (Å²) in [6.45, 7) is 5.44. The zero-order valence-electron chi connectivity index (χ0n) is 17.0. The van der Waals surface area contributed by atoms with Crippen LogP contribution >= 0.6 is 24.0 Å². The Kier molecular flexibility index (Phi) is 13.7. The summed E-state index contributed by atoms with van der Waals surface area (Å²) in [7, 11) is 3.66. The van der Waals surface area contributed by atoms with E-state index in [-0.39, 0.29) is 24.0 Å². The zero-order valence-corrected chi connectivity index (χ0v) is 19.3. The van der Waals surface area contributed by atoms with Crippen LogP contribution in [0.15, 0.2) is 4.99 Å². The maximum absolute atomic E-state index is 5.14. The number of unbranched alkanes of at least 4 members (excludes halogenated alkanes) is 1. The summed E-state index contributed by atoms with van der Waals surface area (Å²) in [6.07, 6.45) is 13.5. The third kappa shape index (κ3) is 9.74. The molecule has 0 spiro atoms. The predicted octanol–water partition coefficient (Wildman–Crippen LogP) is 3.63. The highest BCUT2D eigenvalue weighted by atomic mass is 127. The molecule has 6 heteroatoms. The molecule has 2 N–H and O–H groups in total. The lowest BCUT2D eigenvalue weighted by atomic mass is 10.0. The van der Waals surface area contributed by atoms with Gasteiger partial charge in [0.1, 0.15) is 0 Å². The summed E-state index contributed by atoms with van der Waals surface area (Å²) in [6, 6.07) is 0.559. The normalized spacial score (nSPS) is 20.2. The van der Waals surface area contributed by atoms with Crippen molar-refractivity contribution < 1.29 is 4.74 Å². The first-order valence-corrected chi connectivity index (χ1v) is 10.5. The van der Waals surface area contributed by atoms with E-state index in [4.69, 9.17) is 4.74 Å². The molecule has 1 saturated heterocycles. The first kappa shape index (κ1) is 24.0. The fourth-order valence-corrected chi connectivity index (χ4v) is 4.19. The molecule has 0 amide bonds. The monoisotopic (exact) mass is 480 g/mol. The van der Waals surface area contributed by atoms with Gasteiger partial charge in [0.25, 0.3) is 0 Å². The van der Waals surface area contributed by atoms with Crippen molar-refractivity contribution in [1.29, 1.82) is 0 Å². The number of ether oxygens (including phenoxy) is 1. The first-order chi connectivity index (χ1) is 12.3. The molecule has 2 rings (SSSR count). The van der Waals surface area contributed by atoms with Gasteiger partial charge in [-0.2, -0.15) is 0 Å². The fraction of sp³-hybridized carbons (Fsp3) is 0.950. The molecule has 0 atom stereocenters. The van der Waals surface area contributed by atoms with E-state index in [1.54, 1.807) is 7.11 Å². The number of aliphatic imine (C=N–C) groups is 1. The molecule has 154 valence electrons. The molecule has 0 unspecified atom stereocenters. The Labute approximate surface area is 178 Å². The van der Waals surface area contributed by atoms with Crippen LogP contribution in [-0.4, -0.2) is 63.8 Å². The first-order valence-electron chi connectivity index (χ1n) is 10.5. The van der Waals surface area contributed by atoms with Gasteiger partial charge < -0.3 is 20.3 Å². The molecule has 1 aliphatic carbocycles. The number of halogens is 1. The number of hydrogen-bond acceptors (Lipinski definition) is 3. The average molecular weight is 480 g/mol. The number of methoxy groups -OCH3 is 1. The Morgan fingerprint density at radius 3 is 2.46 bits per heavy atom. The lowest BCUT2D eigenvalue weighted by molar-refractivity contribution is 0.155. The van der Waals surface area contributed by atoms with Crippen LogP contribution in [-0.2, 0) is 4.74 Å². The maximum atomic E-state index is 5.14. The van der Waals surface area contributed by atoms with Crippen molar-refractivity contribution in [2.24, 2.45) is 10.9 Å². The highest BCUT2D eigenvalue weighted by Crippen LogP contribution is 2.28. The van der Waals surface area contributed by atoms with Gasteiger partial charge in [0.15, 0.2) is 5.96 Å². The third-order valence-electron chi connectivity index (χ3n) is 5.78. The van der Waals surface area contributed by atoms with Gasteiger partial charge >= 0.3 is 0 Å². The quantitative estimate of drug-likeness (QED) is 0.217. The second kappa shape index (κ2) is 14.9. The number of likely N-dealkylation sites (tertiary alicyclic amines) is 1. The summed E-state index contributed by atoms with van der Waals surface area (Å²) >= 11 is 0. The molecule has 2 aliphatic rings. The summed E-state index contributed by atoms with van der Waals surface area (Å²) < 4.78 is 5.14. The molecule has 0 aromatic carbocycles. The van der Waals surface area contributed by atoms with Crippen LogP contribution in [0.25, 0.3) is 0 Å². The van der Waals surface area contributed by atoms with Crippen molar-refractivity contribution >= 4 is 29.9 Å². The Morgan fingerprint density at radius 1 is 1.08 bits per heavy atom. The standard InChI is InChI=1S/C20H40N4O.HI/c1-21-20(22-13-6-5-10-18-8-3-4-9-18)23-19-11-15-24(16-12-19)14-7-17-25-2;/h18-19H,3-17H2,1-2H3,(H2,21,22,23);1H. The Morgan fingerprint density at radius 2 is 1.81 bits per heavy atom. The molecule has 0 aromatic heterocycles. The van der Waals surface area contributed by atoms with E-state index in [1.807, 2.05) is 7.05 Å². The lowest BCUT2D eigenvalue weighted by Gasteiger charge is -2.33. The maximum Gasteiger partial charge on any atom is 0.191 e. The van der Waals surface area contributed by atoms with Crippen LogP contribution in [0.1, 0.15) is 64.2 Å². The molecule has 0 radical (unpaired) electrons. The lowest BCUT2D eigenvalue weighted by Crippen LogP contribution is -2.49. The van der Waals surface area contributed by atoms with E-state index >= 15 is 0 Å². The van der Waals surface area contributed by atoms with Crippen LogP contribution in [0, 0.1) is 5.92 Å². The highest BCUT2D eigenvalue weighted by molar-refractivity contribution is 14.0. The summed E-state index contributed by atoms with van der Waals surface area (Å²) in [5, 5.41) is 7.12. The minimum atomic E-state index is 0. The number of nitrogens with one attached hydrogen (secondary N) is 2. The van der Waals surface area contributed by atoms with E-state index in [0.29, 0.717) is 6.04 Å². The molecule has 1 heterocycles. The van der Waals surface area contributed by atoms with Gasteiger partial charge in [0, 0.05) is 53.0 Å². The second-order valence-electron chi connectivity index (χ2n) is 7.75. The van der Waals surface area contributed by atoms with E-state index in [1.165, 1.54) is 70.9 Å². The van der Waals surface area contributed by atoms with Crippen LogP contribution in [0.3, 0.4) is 0 Å². The minimum absolute atomic E-state index is 0. The van der Waals surface area contributed by atoms with Crippen LogP contribution in [0.4, 0.5) is 0 Å². The zero-order chi connectivity index (χ0) is 17.7. The molecule has 26 heavy (non-hydrogen) atoms. The summed E-state index contributed by atoms with van der Waals surface area (Å²) in [5.74, 6) is 2.00. The van der Waals surface area contributed by atoms with Crippen molar-refractivity contribution in [3.05, 3.63) is 0 Å². The molecule has 0 aromatic rings. The van der Waals surface area contributed by atoms with Crippen molar-refractivity contribution in [3.63, 3.8) is 0 Å². The summed E-state index contributed by atoms with van der Waals surface area (Å²) in [4.78, 5) is 6.95. The van der Waals surface area contributed by atoms with Gasteiger partial charge in [-0.05, 0) is 31.6 Å². The smallest absolute Gasteiger partial charge is 0.191 e. The number of hydrogen-bond donors (Lipinski definition) is 2. The molecule has 5 nitrogen and oxygen atoms in total. The molecule has 1 saturated carbocycles. The number of piperidine rings is 1. The third-order valence-corrected chi connectivity index (χ3v) is 5.78. The van der Waals surface area contributed by atoms with Crippen molar-refractivity contribution in [1.82, 2.24) is 15.5 Å². The minimum Gasteiger partial charge on any atom is -0.385 e. The van der Waals surface area contributed by atoms with Gasteiger partial charge in [-0.1, -0.05) is 38.5 Å². The number of guanidine groups is 1. The van der Waals surface area contributed by atoms with Crippen LogP contribution in [0.5, 0.6) is 0 Å². The van der Waals surface area contributed by atoms with Gasteiger partial charge in [-0.3, -0.25) is 4.99 Å². The topological polar surface area (TPSA) is 48.9 Å². The molecular weight excluding hydrogens is 439 g/mol. The molecule has 2 fully saturated rings. The van der Waals surface area contributed by atoms with Gasteiger partial charge in [0.2, 0.25) is 0 Å². The van der Waals surface area contributed by atoms with Crippen molar-refractivity contribution in [3.8, 4) is 0 Å². The van der Waals surface area contributed by atoms with Crippen molar-refractivity contribution in [2.45, 2.75) is 70.3 Å². The molecule has 0 bridgehead atoms. The van der Waals surface area contributed by atoms with Crippen LogP contribution < -0.4 is 10.6 Å². The van der Waals surface area contributed by atoms with E-state index in [9.17, 15) is 0 Å². The molecule has 1 aliphatic heterocycles. The van der Waals surface area contributed by atoms with E-state index in [0.717, 1.165) is 38.0 Å². The van der Waals surface area contributed by atoms with Crippen molar-refractivity contribution in [2.75, 3.05) is 46.9 Å². The van der Waals surface area contributed by atoms with Crippen LogP contribution in [0.2, 0.25) is 0 Å². The van der Waals surface area contributed by atoms with E-state index in [2.05, 4.69) is 20.5 Å². The van der Waals surface area contributed by atoms with Gasteiger partial charge in [0.05, 0.1) is 0 Å². The Hall–Kier alpha value is -0.0800. The Bertz CT molecular complexity index is 367. The second-order valence-corrected chi connectivity index (χ2v) is 7.75. The largest absolute Gasteiger partial charge is 0.385 e. The number of nitrogens with zero attached hydrogens (tertiary/aromatic N) is 2. The SMILES string of the molecule is CN=C(NCCCCC1CCCC1)NC1CCN(CCCOC)CC1.I. The van der Waals surface area contributed by atoms with Gasteiger partial charge in [-0.25, -0.2) is 0 Å². The predicted molar refractivity (Wildman–Crippen MR) is 122 cm³/mol. The average Bonchev–Trinajstić information content (AvgIpc) is 3.15. The highest BCUT2D eigenvalue weighted by Gasteiger charge is 2.19. The summed E-state index contributed by atoms with van der Waals surface area (Å²) in [5.41, 5.74) is 0. The van der Waals surface area contributed by atoms with Gasteiger partial charge in [-0.15, -0.1) is 24.0 Å².